The normalized spacial score (nSPS) is 11.0. The van der Waals surface area contributed by atoms with Gasteiger partial charge in [-0.25, -0.2) is 9.59 Å². The predicted octanol–water partition coefficient (Wildman–Crippen LogP) is 1.54. The summed E-state index contributed by atoms with van der Waals surface area (Å²) in [6, 6.07) is 14.0. The molecule has 0 unspecified atom stereocenters. The zero-order valence-corrected chi connectivity index (χ0v) is 16.5. The SMILES string of the molecule is COC(=O)c1ccccc1NC(=O)COC(=O)[C@H](C)NC(=O)COc1ccccc1. The molecule has 0 spiro atoms. The van der Waals surface area contributed by atoms with Gasteiger partial charge < -0.3 is 24.8 Å². The van der Waals surface area contributed by atoms with Crippen molar-refractivity contribution in [3.05, 3.63) is 60.2 Å². The summed E-state index contributed by atoms with van der Waals surface area (Å²) in [4.78, 5) is 47.6. The Morgan fingerprint density at radius 2 is 1.57 bits per heavy atom. The minimum atomic E-state index is -0.980. The number of amides is 2. The first kappa shape index (κ1) is 22.4. The topological polar surface area (TPSA) is 120 Å². The van der Waals surface area contributed by atoms with Crippen molar-refractivity contribution in [2.75, 3.05) is 25.6 Å². The number of nitrogens with one attached hydrogen (secondary N) is 2. The second-order valence-electron chi connectivity index (χ2n) is 6.08. The summed E-state index contributed by atoms with van der Waals surface area (Å²) in [7, 11) is 1.23. The Morgan fingerprint density at radius 1 is 0.900 bits per heavy atom. The molecular weight excluding hydrogens is 392 g/mol. The van der Waals surface area contributed by atoms with Gasteiger partial charge in [-0.1, -0.05) is 30.3 Å². The summed E-state index contributed by atoms with van der Waals surface area (Å²) in [5.41, 5.74) is 0.392. The molecule has 0 aliphatic heterocycles. The van der Waals surface area contributed by atoms with Crippen LogP contribution in [0, 0.1) is 0 Å². The summed E-state index contributed by atoms with van der Waals surface area (Å²) in [5, 5.41) is 4.90. The van der Waals surface area contributed by atoms with Crippen molar-refractivity contribution < 1.29 is 33.4 Å². The third-order valence-corrected chi connectivity index (χ3v) is 3.80. The molecule has 158 valence electrons. The highest BCUT2D eigenvalue weighted by atomic mass is 16.5. The number of hydrogen-bond acceptors (Lipinski definition) is 7. The van der Waals surface area contributed by atoms with Crippen LogP contribution in [0.25, 0.3) is 0 Å². The Labute approximate surface area is 173 Å². The number of hydrogen-bond donors (Lipinski definition) is 2. The fourth-order valence-corrected chi connectivity index (χ4v) is 2.34. The molecule has 0 aliphatic carbocycles. The lowest BCUT2D eigenvalue weighted by Gasteiger charge is -2.14. The van der Waals surface area contributed by atoms with Crippen molar-refractivity contribution in [1.82, 2.24) is 5.32 Å². The molecule has 0 aromatic heterocycles. The van der Waals surface area contributed by atoms with Crippen molar-refractivity contribution in [3.63, 3.8) is 0 Å². The minimum absolute atomic E-state index is 0.165. The van der Waals surface area contributed by atoms with Crippen molar-refractivity contribution in [2.24, 2.45) is 0 Å². The molecule has 2 aromatic carbocycles. The van der Waals surface area contributed by atoms with Gasteiger partial charge in [0.05, 0.1) is 18.4 Å². The zero-order valence-electron chi connectivity index (χ0n) is 16.5. The second kappa shape index (κ2) is 11.2. The zero-order chi connectivity index (χ0) is 21.9. The van der Waals surface area contributed by atoms with Crippen LogP contribution in [0.3, 0.4) is 0 Å². The third kappa shape index (κ3) is 6.93. The molecule has 2 rings (SSSR count). The molecule has 2 N–H and O–H groups in total. The van der Waals surface area contributed by atoms with E-state index < -0.39 is 36.4 Å². The van der Waals surface area contributed by atoms with Crippen LogP contribution in [0.1, 0.15) is 17.3 Å². The van der Waals surface area contributed by atoms with Crippen LogP contribution in [-0.2, 0) is 23.9 Å². The van der Waals surface area contributed by atoms with Crippen LogP contribution in [0.4, 0.5) is 5.69 Å². The maximum absolute atomic E-state index is 12.0. The number of carbonyl (C=O) groups excluding carboxylic acids is 4. The second-order valence-corrected chi connectivity index (χ2v) is 6.08. The average molecular weight is 414 g/mol. The van der Waals surface area contributed by atoms with E-state index in [4.69, 9.17) is 9.47 Å². The molecule has 9 nitrogen and oxygen atoms in total. The first-order valence-electron chi connectivity index (χ1n) is 9.01. The molecular formula is C21H22N2O7. The van der Waals surface area contributed by atoms with E-state index in [1.165, 1.54) is 26.2 Å². The summed E-state index contributed by atoms with van der Waals surface area (Å²) < 4.78 is 14.8. The average Bonchev–Trinajstić information content (AvgIpc) is 2.76. The van der Waals surface area contributed by atoms with Crippen molar-refractivity contribution in [1.29, 1.82) is 0 Å². The van der Waals surface area contributed by atoms with Gasteiger partial charge in [-0.2, -0.15) is 0 Å². The molecule has 0 bridgehead atoms. The maximum Gasteiger partial charge on any atom is 0.339 e. The monoisotopic (exact) mass is 414 g/mol. The third-order valence-electron chi connectivity index (χ3n) is 3.80. The van der Waals surface area contributed by atoms with Gasteiger partial charge in [-0.15, -0.1) is 0 Å². The number of anilines is 1. The lowest BCUT2D eigenvalue weighted by molar-refractivity contribution is -0.150. The first-order chi connectivity index (χ1) is 14.4. The van der Waals surface area contributed by atoms with Crippen LogP contribution in [-0.4, -0.2) is 50.1 Å². The fraction of sp³-hybridized carbons (Fsp3) is 0.238. The summed E-state index contributed by atoms with van der Waals surface area (Å²) >= 11 is 0. The number of esters is 2. The van der Waals surface area contributed by atoms with E-state index in [9.17, 15) is 19.2 Å². The van der Waals surface area contributed by atoms with Crippen LogP contribution in [0.2, 0.25) is 0 Å². The number of benzene rings is 2. The maximum atomic E-state index is 12.0. The van der Waals surface area contributed by atoms with Gasteiger partial charge in [0.25, 0.3) is 11.8 Å². The molecule has 9 heteroatoms. The Balaban J connectivity index is 1.77. The van der Waals surface area contributed by atoms with Gasteiger partial charge >= 0.3 is 11.9 Å². The van der Waals surface area contributed by atoms with Crippen LogP contribution < -0.4 is 15.4 Å². The van der Waals surface area contributed by atoms with Crippen LogP contribution in [0.5, 0.6) is 5.75 Å². The molecule has 0 saturated carbocycles. The number of para-hydroxylation sites is 2. The van der Waals surface area contributed by atoms with E-state index in [2.05, 4.69) is 15.4 Å². The molecule has 0 radical (unpaired) electrons. The van der Waals surface area contributed by atoms with Gasteiger partial charge in [-0.05, 0) is 31.2 Å². The van der Waals surface area contributed by atoms with Crippen molar-refractivity contribution in [2.45, 2.75) is 13.0 Å². The smallest absolute Gasteiger partial charge is 0.339 e. The highest BCUT2D eigenvalue weighted by molar-refractivity contribution is 6.02. The van der Waals surface area contributed by atoms with E-state index in [0.29, 0.717) is 5.75 Å². The van der Waals surface area contributed by atoms with E-state index in [0.717, 1.165) is 0 Å². The Morgan fingerprint density at radius 3 is 2.27 bits per heavy atom. The van der Waals surface area contributed by atoms with Crippen LogP contribution >= 0.6 is 0 Å². The van der Waals surface area contributed by atoms with Gasteiger partial charge in [-0.3, -0.25) is 9.59 Å². The van der Waals surface area contributed by atoms with Gasteiger partial charge in [0.2, 0.25) is 0 Å². The molecule has 0 aliphatic rings. The Hall–Kier alpha value is -3.88. The lowest BCUT2D eigenvalue weighted by atomic mass is 10.2. The summed E-state index contributed by atoms with van der Waals surface area (Å²) in [5.74, 6) is -2.05. The molecule has 1 atom stereocenters. The van der Waals surface area contributed by atoms with Crippen molar-refractivity contribution in [3.8, 4) is 5.75 Å². The largest absolute Gasteiger partial charge is 0.484 e. The highest BCUT2D eigenvalue weighted by Gasteiger charge is 2.19. The number of methoxy groups -OCH3 is 1. The van der Waals surface area contributed by atoms with Gasteiger partial charge in [0.1, 0.15) is 11.8 Å². The van der Waals surface area contributed by atoms with E-state index in [1.807, 2.05) is 6.07 Å². The van der Waals surface area contributed by atoms with E-state index in [1.54, 1.807) is 36.4 Å². The van der Waals surface area contributed by atoms with E-state index >= 15 is 0 Å². The lowest BCUT2D eigenvalue weighted by Crippen LogP contribution is -2.42. The Kier molecular flexibility index (Phi) is 8.37. The van der Waals surface area contributed by atoms with Gasteiger partial charge in [0, 0.05) is 0 Å². The quantitative estimate of drug-likeness (QED) is 0.597. The number of ether oxygens (including phenoxy) is 3. The fourth-order valence-electron chi connectivity index (χ4n) is 2.34. The minimum Gasteiger partial charge on any atom is -0.484 e. The van der Waals surface area contributed by atoms with Crippen LogP contribution in [0.15, 0.2) is 54.6 Å². The Bertz CT molecular complexity index is 899. The summed E-state index contributed by atoms with van der Waals surface area (Å²) in [6.45, 7) is 0.564. The standard InChI is InChI=1S/C21H22N2O7/c1-14(22-18(24)12-29-15-8-4-3-5-9-15)20(26)30-13-19(25)23-17-11-7-6-10-16(17)21(27)28-2/h3-11,14H,12-13H2,1-2H3,(H,22,24)(H,23,25)/t14-/m0/s1. The first-order valence-corrected chi connectivity index (χ1v) is 9.01. The van der Waals surface area contributed by atoms with Crippen molar-refractivity contribution >= 4 is 29.4 Å². The number of carbonyl (C=O) groups is 4. The number of rotatable bonds is 9. The molecule has 0 saturated heterocycles. The predicted molar refractivity (Wildman–Crippen MR) is 107 cm³/mol. The summed E-state index contributed by atoms with van der Waals surface area (Å²) in [6.07, 6.45) is 0. The highest BCUT2D eigenvalue weighted by Crippen LogP contribution is 2.15. The molecule has 30 heavy (non-hydrogen) atoms. The molecule has 2 amide bonds. The van der Waals surface area contributed by atoms with Gasteiger partial charge in [0.15, 0.2) is 13.2 Å². The van der Waals surface area contributed by atoms with E-state index in [-0.39, 0.29) is 17.9 Å². The molecule has 0 fully saturated rings. The molecule has 2 aromatic rings. The molecule has 0 heterocycles.